The molecular weight excluding hydrogens is 440 g/mol. The molecule has 3 heteroatoms. The Kier molecular flexibility index (Phi) is 12.1. The first-order valence-corrected chi connectivity index (χ1v) is 13.4. The van der Waals surface area contributed by atoms with Crippen molar-refractivity contribution in [3.8, 4) is 10.4 Å². The molecule has 1 aliphatic rings. The first-order chi connectivity index (χ1) is 12.1. The number of fused-ring (bicyclic) bond motifs is 1. The van der Waals surface area contributed by atoms with E-state index in [0.717, 1.165) is 0 Å². The van der Waals surface area contributed by atoms with Crippen molar-refractivity contribution in [2.24, 2.45) is 5.92 Å². The SMILES string of the molecule is CC1=[C-]C(C)C(C)=C1C.[CH3-].[CH3-].[Si]=[Zr].c1csc(-c2c[cH-]c3ccccc23)c1. The second kappa shape index (κ2) is 12.5. The smallest absolute Gasteiger partial charge is 0.00957 e. The fraction of sp³-hybridized carbons (Fsp3) is 0.208. The van der Waals surface area contributed by atoms with Gasteiger partial charge in [0.1, 0.15) is 0 Å². The Morgan fingerprint density at radius 3 is 2.19 bits per heavy atom. The molecule has 0 bridgehead atoms. The number of thiophene rings is 1. The minimum atomic E-state index is 0. The third-order valence-corrected chi connectivity index (χ3v) is 5.61. The van der Waals surface area contributed by atoms with Crippen molar-refractivity contribution in [1.82, 2.24) is 0 Å². The normalized spacial score (nSPS) is 14.8. The van der Waals surface area contributed by atoms with E-state index in [4.69, 9.17) is 0 Å². The molecule has 142 valence electrons. The van der Waals surface area contributed by atoms with Crippen LogP contribution in [0.1, 0.15) is 27.7 Å². The molecule has 1 aromatic heterocycles. The van der Waals surface area contributed by atoms with Gasteiger partial charge in [0.25, 0.3) is 0 Å². The van der Waals surface area contributed by atoms with E-state index < -0.39 is 0 Å². The minimum absolute atomic E-state index is 0. The molecule has 0 saturated heterocycles. The Balaban J connectivity index is 0.000000460. The van der Waals surface area contributed by atoms with E-state index in [2.05, 4.69) is 94.6 Å². The Bertz CT molecular complexity index is 884. The molecule has 0 amide bonds. The molecule has 0 spiro atoms. The second-order valence-electron chi connectivity index (χ2n) is 6.11. The van der Waals surface area contributed by atoms with Crippen LogP contribution in [0.15, 0.2) is 70.6 Å². The van der Waals surface area contributed by atoms with Gasteiger partial charge in [-0.25, -0.2) is 5.57 Å². The van der Waals surface area contributed by atoms with Gasteiger partial charge in [-0.15, -0.1) is 53.6 Å². The third kappa shape index (κ3) is 6.31. The van der Waals surface area contributed by atoms with Crippen LogP contribution in [0.4, 0.5) is 0 Å². The first kappa shape index (κ1) is 26.1. The Morgan fingerprint density at radius 2 is 1.70 bits per heavy atom. The summed E-state index contributed by atoms with van der Waals surface area (Å²) in [7, 11) is 0. The van der Waals surface area contributed by atoms with E-state index in [1.165, 1.54) is 61.3 Å². The summed E-state index contributed by atoms with van der Waals surface area (Å²) in [6.45, 7) is 11.7. The predicted molar refractivity (Wildman–Crippen MR) is 121 cm³/mol. The molecule has 0 aliphatic heterocycles. The number of hydrogen-bond acceptors (Lipinski definition) is 1. The summed E-state index contributed by atoms with van der Waals surface area (Å²) in [6.07, 6.45) is 3.36. The van der Waals surface area contributed by atoms with Crippen molar-refractivity contribution >= 4 is 29.0 Å². The first-order valence-electron chi connectivity index (χ1n) is 8.29. The maximum absolute atomic E-state index is 3.36. The zero-order chi connectivity index (χ0) is 18.4. The molecule has 4 rings (SSSR count). The molecule has 27 heavy (non-hydrogen) atoms. The Hall–Kier alpha value is -0.890. The van der Waals surface area contributed by atoms with E-state index in [1.807, 2.05) is 0 Å². The molecule has 0 nitrogen and oxygen atoms in total. The van der Waals surface area contributed by atoms with Gasteiger partial charge in [0.2, 0.25) is 0 Å². The van der Waals surface area contributed by atoms with Crippen molar-refractivity contribution in [2.45, 2.75) is 27.7 Å². The van der Waals surface area contributed by atoms with Gasteiger partial charge in [-0.2, -0.15) is 22.5 Å². The summed E-state index contributed by atoms with van der Waals surface area (Å²) in [5.74, 6) is 0.560. The van der Waals surface area contributed by atoms with Crippen molar-refractivity contribution < 1.29 is 23.3 Å². The number of hydrogen-bond donors (Lipinski definition) is 0. The average Bonchev–Trinajstić information content (AvgIpc) is 3.35. The molecule has 2 aromatic carbocycles. The van der Waals surface area contributed by atoms with E-state index in [1.54, 1.807) is 11.3 Å². The summed E-state index contributed by atoms with van der Waals surface area (Å²) in [4.78, 5) is 1.35. The van der Waals surface area contributed by atoms with Crippen LogP contribution in [0.3, 0.4) is 0 Å². The summed E-state index contributed by atoms with van der Waals surface area (Å²) < 4.78 is 0. The van der Waals surface area contributed by atoms with E-state index >= 15 is 0 Å². The number of rotatable bonds is 1. The molecule has 0 saturated carbocycles. The predicted octanol–water partition coefficient (Wildman–Crippen LogP) is 7.53. The molecule has 0 fully saturated rings. The van der Waals surface area contributed by atoms with Crippen LogP contribution in [0.5, 0.6) is 0 Å². The molecule has 3 aromatic rings. The number of allylic oxidation sites excluding steroid dienone is 4. The molecule has 0 N–H and O–H groups in total. The summed E-state index contributed by atoms with van der Waals surface area (Å²) in [6, 6.07) is 17.2. The number of benzene rings is 1. The summed E-state index contributed by atoms with van der Waals surface area (Å²) in [5, 5.41) is 4.81. The zero-order valence-corrected chi connectivity index (χ0v) is 21.5. The van der Waals surface area contributed by atoms with Crippen molar-refractivity contribution in [3.05, 3.63) is 91.6 Å². The molecule has 1 heterocycles. The Labute approximate surface area is 187 Å². The molecule has 2 radical (unpaired) electrons. The van der Waals surface area contributed by atoms with Gasteiger partial charge in [-0.1, -0.05) is 44.9 Å². The molecular formula is C24H28SSiZr-4. The third-order valence-electron chi connectivity index (χ3n) is 4.70. The van der Waals surface area contributed by atoms with Crippen LogP contribution in [0.2, 0.25) is 0 Å². The van der Waals surface area contributed by atoms with Crippen LogP contribution < -0.4 is 0 Å². The van der Waals surface area contributed by atoms with Gasteiger partial charge in [0.05, 0.1) is 0 Å². The minimum Gasteiger partial charge on any atom is -0.155 e. The Morgan fingerprint density at radius 1 is 1.04 bits per heavy atom. The summed E-state index contributed by atoms with van der Waals surface area (Å²) in [5.41, 5.74) is 5.60. The van der Waals surface area contributed by atoms with Crippen LogP contribution in [-0.4, -0.2) is 6.88 Å². The average molecular weight is 468 g/mol. The molecule has 1 aliphatic carbocycles. The van der Waals surface area contributed by atoms with Gasteiger partial charge in [-0.05, 0) is 10.3 Å². The molecule has 1 unspecified atom stereocenters. The van der Waals surface area contributed by atoms with Crippen molar-refractivity contribution in [3.63, 3.8) is 0 Å². The van der Waals surface area contributed by atoms with Crippen LogP contribution in [0, 0.1) is 26.8 Å². The van der Waals surface area contributed by atoms with Crippen molar-refractivity contribution in [1.29, 1.82) is 0 Å². The van der Waals surface area contributed by atoms with Crippen LogP contribution in [0.25, 0.3) is 21.2 Å². The van der Waals surface area contributed by atoms with Gasteiger partial charge in [-0.3, -0.25) is 6.08 Å². The van der Waals surface area contributed by atoms with Crippen LogP contribution in [-0.2, 0) is 23.3 Å². The fourth-order valence-corrected chi connectivity index (χ4v) is 3.72. The largest absolute Gasteiger partial charge is 0.155 e. The van der Waals surface area contributed by atoms with E-state index in [9.17, 15) is 0 Å². The van der Waals surface area contributed by atoms with Crippen molar-refractivity contribution in [2.75, 3.05) is 0 Å². The quantitative estimate of drug-likeness (QED) is 0.256. The maximum atomic E-state index is 3.36. The van der Waals surface area contributed by atoms with Gasteiger partial charge >= 0.3 is 30.2 Å². The zero-order valence-electron chi connectivity index (χ0n) is 17.2. The van der Waals surface area contributed by atoms with Gasteiger partial charge in [0.15, 0.2) is 0 Å². The van der Waals surface area contributed by atoms with E-state index in [0.29, 0.717) is 5.92 Å². The van der Waals surface area contributed by atoms with Crippen LogP contribution >= 0.6 is 11.3 Å². The summed E-state index contributed by atoms with van der Waals surface area (Å²) >= 11 is 3.15. The monoisotopic (exact) mass is 466 g/mol. The molecule has 1 atom stereocenters. The maximum Gasteiger partial charge on any atom is -0.00957 e. The topological polar surface area (TPSA) is 0 Å². The fourth-order valence-electron chi connectivity index (χ4n) is 2.96. The van der Waals surface area contributed by atoms with E-state index in [-0.39, 0.29) is 14.9 Å². The van der Waals surface area contributed by atoms with Gasteiger partial charge in [0, 0.05) is 0 Å². The standard InChI is InChI=1S/C13H9S.C9H13.2CH3.Si.Zr/c1-2-5-11-10(4-1)7-8-12(11)13-6-3-9-14-13;1-6-5-7(2)9(4)8(6)3;;;;/h1-9H;6H,1-4H3;2*1H3;;/q4*-1;;. The second-order valence-corrected chi connectivity index (χ2v) is 7.06. The van der Waals surface area contributed by atoms with Gasteiger partial charge < -0.3 is 14.9 Å².